The maximum absolute atomic E-state index is 15.7. The Morgan fingerprint density at radius 3 is 2.82 bits per heavy atom. The van der Waals surface area contributed by atoms with Gasteiger partial charge in [-0.2, -0.15) is 0 Å². The van der Waals surface area contributed by atoms with Gasteiger partial charge in [0.1, 0.15) is 29.0 Å². The van der Waals surface area contributed by atoms with E-state index in [4.69, 9.17) is 4.74 Å². The molecule has 0 spiro atoms. The molecule has 0 radical (unpaired) electrons. The molecule has 4 aromatic rings. The van der Waals surface area contributed by atoms with Crippen LogP contribution in [0.5, 0.6) is 0 Å². The number of nitrogens with zero attached hydrogens (tertiary/aromatic N) is 5. The molecule has 7 nitrogen and oxygen atoms in total. The van der Waals surface area contributed by atoms with Gasteiger partial charge in [0.2, 0.25) is 0 Å². The fraction of sp³-hybridized carbons (Fsp3) is 0.360. The number of amides is 1. The first-order valence-corrected chi connectivity index (χ1v) is 12.2. The molecule has 2 fully saturated rings. The minimum absolute atomic E-state index is 0.0631. The van der Waals surface area contributed by atoms with Crippen LogP contribution in [0.4, 0.5) is 15.0 Å². The zero-order valence-electron chi connectivity index (χ0n) is 19.2. The number of carbonyl (C=O) groups excluding carboxylic acids is 1. The monoisotopic (exact) mass is 477 g/mol. The van der Waals surface area contributed by atoms with Gasteiger partial charge in [-0.1, -0.05) is 12.1 Å². The summed E-state index contributed by atoms with van der Waals surface area (Å²) in [6.45, 7) is 6.85. The number of fused-ring (bicyclic) bond motifs is 3. The number of anilines is 1. The van der Waals surface area contributed by atoms with E-state index in [-0.39, 0.29) is 23.7 Å². The van der Waals surface area contributed by atoms with Crippen molar-refractivity contribution in [2.24, 2.45) is 0 Å². The number of rotatable bonds is 2. The van der Waals surface area contributed by atoms with Gasteiger partial charge in [0.05, 0.1) is 17.5 Å². The molecule has 0 saturated carbocycles. The molecule has 0 N–H and O–H groups in total. The molecule has 1 amide bonds. The average molecular weight is 478 g/mol. The second-order valence-electron chi connectivity index (χ2n) is 9.77. The van der Waals surface area contributed by atoms with Crippen LogP contribution in [0.25, 0.3) is 32.2 Å². The number of halogens is 1. The van der Waals surface area contributed by atoms with Crippen molar-refractivity contribution in [2.45, 2.75) is 44.9 Å². The number of hydrogen-bond donors (Lipinski definition) is 0. The van der Waals surface area contributed by atoms with Gasteiger partial charge in [-0.15, -0.1) is 11.3 Å². The highest BCUT2D eigenvalue weighted by atomic mass is 32.1. The molecule has 6 rings (SSSR count). The molecular weight excluding hydrogens is 453 g/mol. The fourth-order valence-corrected chi connectivity index (χ4v) is 5.82. The molecule has 0 bridgehead atoms. The zero-order valence-corrected chi connectivity index (χ0v) is 20.0. The molecule has 2 aliphatic rings. The molecule has 174 valence electrons. The van der Waals surface area contributed by atoms with E-state index in [1.165, 1.54) is 6.33 Å². The van der Waals surface area contributed by atoms with Crippen LogP contribution in [-0.2, 0) is 4.74 Å². The lowest BCUT2D eigenvalue weighted by molar-refractivity contribution is 0.0193. The van der Waals surface area contributed by atoms with Crippen LogP contribution >= 0.6 is 11.3 Å². The van der Waals surface area contributed by atoms with Crippen LogP contribution in [0.2, 0.25) is 0 Å². The molecule has 2 aliphatic heterocycles. The highest BCUT2D eigenvalue weighted by molar-refractivity contribution is 7.17. The second-order valence-corrected chi connectivity index (χ2v) is 10.7. The average Bonchev–Trinajstić information content (AvgIpc) is 3.38. The Morgan fingerprint density at radius 2 is 2.00 bits per heavy atom. The molecule has 5 heterocycles. The Balaban J connectivity index is 1.32. The van der Waals surface area contributed by atoms with E-state index in [9.17, 15) is 4.79 Å². The van der Waals surface area contributed by atoms with Crippen LogP contribution < -0.4 is 4.90 Å². The molecule has 2 saturated heterocycles. The summed E-state index contributed by atoms with van der Waals surface area (Å²) in [5.74, 6) is 0.211. The number of pyridine rings is 1. The fourth-order valence-electron chi connectivity index (χ4n) is 5.01. The SMILES string of the molecule is CC(C)(C)OC(=O)N1CC[C@@H]2[C@H]1CN2c1ncnc2c(F)c(-c3cccc4sccc34)ncc12. The predicted octanol–water partition coefficient (Wildman–Crippen LogP) is 5.24. The number of likely N-dealkylation sites (tertiary alicyclic amines) is 1. The first-order valence-electron chi connectivity index (χ1n) is 11.3. The van der Waals surface area contributed by atoms with Crippen LogP contribution in [0.1, 0.15) is 27.2 Å². The Morgan fingerprint density at radius 1 is 1.15 bits per heavy atom. The van der Waals surface area contributed by atoms with Gasteiger partial charge in [-0.05, 0) is 44.7 Å². The van der Waals surface area contributed by atoms with Gasteiger partial charge in [-0.3, -0.25) is 4.98 Å². The van der Waals surface area contributed by atoms with E-state index in [1.54, 1.807) is 22.4 Å². The highest BCUT2D eigenvalue weighted by Gasteiger charge is 2.50. The summed E-state index contributed by atoms with van der Waals surface area (Å²) in [6.07, 6.45) is 3.60. The number of benzene rings is 1. The smallest absolute Gasteiger partial charge is 0.410 e. The van der Waals surface area contributed by atoms with Crippen molar-refractivity contribution in [1.29, 1.82) is 0 Å². The molecule has 3 aromatic heterocycles. The number of carbonyl (C=O) groups is 1. The first kappa shape index (κ1) is 21.2. The molecular formula is C25H24FN5O2S. The van der Waals surface area contributed by atoms with Gasteiger partial charge >= 0.3 is 6.09 Å². The van der Waals surface area contributed by atoms with Gasteiger partial charge in [0.15, 0.2) is 5.82 Å². The van der Waals surface area contributed by atoms with Gasteiger partial charge in [-0.25, -0.2) is 19.2 Å². The minimum atomic E-state index is -0.532. The van der Waals surface area contributed by atoms with Crippen LogP contribution in [0.15, 0.2) is 42.2 Å². The Kier molecular flexibility index (Phi) is 4.74. The lowest BCUT2D eigenvalue weighted by Crippen LogP contribution is -2.63. The Labute approximate surface area is 200 Å². The van der Waals surface area contributed by atoms with E-state index < -0.39 is 11.4 Å². The van der Waals surface area contributed by atoms with Crippen molar-refractivity contribution < 1.29 is 13.9 Å². The number of ether oxygens (including phenoxy) is 1. The van der Waals surface area contributed by atoms with Gasteiger partial charge in [0.25, 0.3) is 0 Å². The third kappa shape index (κ3) is 3.29. The van der Waals surface area contributed by atoms with E-state index >= 15 is 4.39 Å². The van der Waals surface area contributed by atoms with Crippen LogP contribution in [-0.4, -0.2) is 56.7 Å². The van der Waals surface area contributed by atoms with Gasteiger partial charge < -0.3 is 14.5 Å². The Hall–Kier alpha value is -3.33. The molecule has 1 aromatic carbocycles. The number of thiophene rings is 1. The number of aromatic nitrogens is 3. The Bertz CT molecular complexity index is 1430. The third-order valence-electron chi connectivity index (χ3n) is 6.55. The summed E-state index contributed by atoms with van der Waals surface area (Å²) < 4.78 is 22.4. The lowest BCUT2D eigenvalue weighted by atomic mass is 9.96. The maximum atomic E-state index is 15.7. The van der Waals surface area contributed by atoms with Crippen molar-refractivity contribution in [3.05, 3.63) is 48.0 Å². The van der Waals surface area contributed by atoms with Crippen molar-refractivity contribution in [1.82, 2.24) is 19.9 Å². The van der Waals surface area contributed by atoms with E-state index in [0.29, 0.717) is 30.0 Å². The normalized spacial score (nSPS) is 20.0. The van der Waals surface area contributed by atoms with Crippen molar-refractivity contribution >= 4 is 44.2 Å². The maximum Gasteiger partial charge on any atom is 0.410 e. The summed E-state index contributed by atoms with van der Waals surface area (Å²) in [5, 5.41) is 3.55. The van der Waals surface area contributed by atoms with E-state index in [1.807, 2.05) is 50.4 Å². The van der Waals surface area contributed by atoms with Crippen LogP contribution in [0.3, 0.4) is 0 Å². The van der Waals surface area contributed by atoms with E-state index in [0.717, 1.165) is 22.1 Å². The topological polar surface area (TPSA) is 71.5 Å². The predicted molar refractivity (Wildman–Crippen MR) is 131 cm³/mol. The van der Waals surface area contributed by atoms with Crippen LogP contribution in [0, 0.1) is 5.82 Å². The quantitative estimate of drug-likeness (QED) is 0.393. The molecule has 0 unspecified atom stereocenters. The summed E-state index contributed by atoms with van der Waals surface area (Å²) in [6, 6.07) is 7.99. The largest absolute Gasteiger partial charge is 0.444 e. The third-order valence-corrected chi connectivity index (χ3v) is 7.43. The lowest BCUT2D eigenvalue weighted by Gasteiger charge is -2.47. The van der Waals surface area contributed by atoms with Gasteiger partial charge in [0, 0.05) is 34.9 Å². The highest BCUT2D eigenvalue weighted by Crippen LogP contribution is 2.40. The molecule has 0 aliphatic carbocycles. The van der Waals surface area contributed by atoms with Crippen molar-refractivity contribution in [2.75, 3.05) is 18.0 Å². The van der Waals surface area contributed by atoms with Crippen molar-refractivity contribution in [3.63, 3.8) is 0 Å². The first-order chi connectivity index (χ1) is 16.3. The summed E-state index contributed by atoms with van der Waals surface area (Å²) in [4.78, 5) is 29.8. The van der Waals surface area contributed by atoms with Crippen molar-refractivity contribution in [3.8, 4) is 11.3 Å². The molecule has 9 heteroatoms. The summed E-state index contributed by atoms with van der Waals surface area (Å²) >= 11 is 1.62. The second kappa shape index (κ2) is 7.59. The minimum Gasteiger partial charge on any atom is -0.444 e. The number of hydrogen-bond acceptors (Lipinski definition) is 7. The van der Waals surface area contributed by atoms with E-state index in [2.05, 4.69) is 19.9 Å². The summed E-state index contributed by atoms with van der Waals surface area (Å²) in [5.41, 5.74) is 0.772. The molecule has 2 atom stereocenters. The standard InChI is InChI=1S/C25H24FN5O2S/c1-25(2,3)33-24(32)30-9-7-17-18(30)12-31(17)23-16-11-27-21(20(26)22(16)28-13-29-23)15-5-4-6-19-14(15)8-10-34-19/h4-6,8,10-11,13,17-18H,7,9,12H2,1-3H3/t17-,18-/m1/s1. The molecule has 34 heavy (non-hydrogen) atoms. The summed E-state index contributed by atoms with van der Waals surface area (Å²) in [7, 11) is 0. The zero-order chi connectivity index (χ0) is 23.6.